The molecule has 1 heterocycles. The van der Waals surface area contributed by atoms with Gasteiger partial charge in [0.05, 0.1) is 5.56 Å². The Hall–Kier alpha value is -1.76. The first-order valence-electron chi connectivity index (χ1n) is 6.27. The van der Waals surface area contributed by atoms with Gasteiger partial charge in [-0.05, 0) is 25.5 Å². The zero-order valence-corrected chi connectivity index (χ0v) is 10.9. The van der Waals surface area contributed by atoms with Crippen molar-refractivity contribution in [2.75, 3.05) is 20.1 Å². The van der Waals surface area contributed by atoms with Crippen LogP contribution < -0.4 is 5.32 Å². The fourth-order valence-corrected chi connectivity index (χ4v) is 2.28. The second-order valence-corrected chi connectivity index (χ2v) is 4.86. The smallest absolute Gasteiger partial charge is 0.256 e. The van der Waals surface area contributed by atoms with Crippen molar-refractivity contribution in [3.8, 4) is 5.75 Å². The van der Waals surface area contributed by atoms with Crippen molar-refractivity contribution in [1.82, 2.24) is 10.2 Å². The molecule has 1 aliphatic heterocycles. The number of hydrogen-bond acceptors (Lipinski definition) is 3. The third-order valence-electron chi connectivity index (χ3n) is 3.37. The van der Waals surface area contributed by atoms with Gasteiger partial charge >= 0.3 is 0 Å². The maximum atomic E-state index is 13.6. The average molecular weight is 288 g/mol. The Morgan fingerprint density at radius 1 is 1.45 bits per heavy atom. The van der Waals surface area contributed by atoms with Crippen molar-refractivity contribution in [3.63, 3.8) is 0 Å². The summed E-state index contributed by atoms with van der Waals surface area (Å²) in [6.07, 6.45) is 1.89. The van der Waals surface area contributed by atoms with E-state index in [0.717, 1.165) is 19.4 Å². The second kappa shape index (κ2) is 5.70. The van der Waals surface area contributed by atoms with Crippen LogP contribution in [0.25, 0.3) is 0 Å². The number of nitrogens with one attached hydrogen (secondary N) is 1. The summed E-state index contributed by atoms with van der Waals surface area (Å²) in [7, 11) is 1.44. The first kappa shape index (κ1) is 14.6. The molecule has 0 radical (unpaired) electrons. The van der Waals surface area contributed by atoms with Gasteiger partial charge in [0.2, 0.25) is 5.82 Å². The van der Waals surface area contributed by atoms with E-state index in [1.54, 1.807) is 0 Å². The molecule has 1 aromatic carbocycles. The van der Waals surface area contributed by atoms with E-state index in [9.17, 15) is 18.0 Å². The lowest BCUT2D eigenvalue weighted by molar-refractivity contribution is 0.0777. The molecule has 4 nitrogen and oxygen atoms in total. The van der Waals surface area contributed by atoms with E-state index >= 15 is 0 Å². The number of halogens is 3. The Morgan fingerprint density at radius 2 is 2.15 bits per heavy atom. The summed E-state index contributed by atoms with van der Waals surface area (Å²) in [6, 6.07) is 0.566. The first-order valence-corrected chi connectivity index (χ1v) is 6.27. The molecule has 0 bridgehead atoms. The third-order valence-corrected chi connectivity index (χ3v) is 3.37. The first-order chi connectivity index (χ1) is 9.41. The monoisotopic (exact) mass is 288 g/mol. The molecular formula is C13H15F3N2O2. The number of benzene rings is 1. The van der Waals surface area contributed by atoms with E-state index in [1.807, 2.05) is 0 Å². The van der Waals surface area contributed by atoms with Crippen LogP contribution in [0, 0.1) is 17.5 Å². The van der Waals surface area contributed by atoms with Crippen LogP contribution in [0.15, 0.2) is 6.07 Å². The van der Waals surface area contributed by atoms with Gasteiger partial charge in [-0.15, -0.1) is 0 Å². The molecule has 1 atom stereocenters. The molecule has 2 N–H and O–H groups in total. The molecule has 1 aliphatic rings. The van der Waals surface area contributed by atoms with Crippen LogP contribution in [0.4, 0.5) is 13.2 Å². The maximum absolute atomic E-state index is 13.6. The molecule has 2 rings (SSSR count). The van der Waals surface area contributed by atoms with E-state index in [4.69, 9.17) is 5.11 Å². The molecule has 1 saturated heterocycles. The molecule has 110 valence electrons. The number of carbonyl (C=O) groups is 1. The van der Waals surface area contributed by atoms with Crippen molar-refractivity contribution >= 4 is 5.91 Å². The zero-order valence-electron chi connectivity index (χ0n) is 10.9. The Bertz CT molecular complexity index is 531. The van der Waals surface area contributed by atoms with E-state index < -0.39 is 34.7 Å². The minimum Gasteiger partial charge on any atom is -0.503 e. The second-order valence-electron chi connectivity index (χ2n) is 4.86. The highest BCUT2D eigenvalue weighted by molar-refractivity contribution is 5.94. The minimum atomic E-state index is -1.70. The minimum absolute atomic E-state index is 0.103. The van der Waals surface area contributed by atoms with Gasteiger partial charge in [0.25, 0.3) is 5.91 Å². The molecule has 0 aromatic heterocycles. The number of nitrogens with zero attached hydrogens (tertiary/aromatic N) is 1. The molecule has 1 amide bonds. The number of aromatic hydroxyl groups is 1. The highest BCUT2D eigenvalue weighted by Crippen LogP contribution is 2.26. The van der Waals surface area contributed by atoms with Crippen LogP contribution in [0.5, 0.6) is 5.75 Å². The van der Waals surface area contributed by atoms with Crippen LogP contribution >= 0.6 is 0 Å². The number of amides is 1. The van der Waals surface area contributed by atoms with E-state index in [0.29, 0.717) is 12.6 Å². The van der Waals surface area contributed by atoms with E-state index in [1.165, 1.54) is 11.9 Å². The molecule has 0 saturated carbocycles. The summed E-state index contributed by atoms with van der Waals surface area (Å²) in [5.74, 6) is -6.87. The predicted octanol–water partition coefficient (Wildman–Crippen LogP) is 1.63. The van der Waals surface area contributed by atoms with Gasteiger partial charge in [-0.2, -0.15) is 4.39 Å². The van der Waals surface area contributed by atoms with Gasteiger partial charge in [-0.3, -0.25) is 4.79 Å². The molecule has 1 fully saturated rings. The van der Waals surface area contributed by atoms with Crippen LogP contribution in [0.2, 0.25) is 0 Å². The predicted molar refractivity (Wildman–Crippen MR) is 66.0 cm³/mol. The number of likely N-dealkylation sites (N-methyl/N-ethyl adjacent to an activating group) is 1. The van der Waals surface area contributed by atoms with E-state index in [2.05, 4.69) is 5.32 Å². The largest absolute Gasteiger partial charge is 0.503 e. The summed E-state index contributed by atoms with van der Waals surface area (Å²) in [5.41, 5.74) is -0.679. The number of phenolic OH excluding ortho intramolecular Hbond substituents is 1. The van der Waals surface area contributed by atoms with Crippen molar-refractivity contribution in [2.45, 2.75) is 18.9 Å². The maximum Gasteiger partial charge on any atom is 0.256 e. The average Bonchev–Trinajstić information content (AvgIpc) is 2.92. The van der Waals surface area contributed by atoms with Crippen molar-refractivity contribution in [3.05, 3.63) is 29.1 Å². The van der Waals surface area contributed by atoms with Gasteiger partial charge in [0.15, 0.2) is 17.4 Å². The fraction of sp³-hybridized carbons (Fsp3) is 0.462. The highest BCUT2D eigenvalue weighted by Gasteiger charge is 2.26. The zero-order chi connectivity index (χ0) is 14.9. The normalized spacial score (nSPS) is 18.3. The lowest BCUT2D eigenvalue weighted by Crippen LogP contribution is -2.39. The Morgan fingerprint density at radius 3 is 2.75 bits per heavy atom. The molecule has 0 aliphatic carbocycles. The van der Waals surface area contributed by atoms with Crippen molar-refractivity contribution < 1.29 is 23.1 Å². The standard InChI is InChI=1S/C13H15F3N2O2/c1-18(6-7-3-2-4-17-7)13(20)8-5-9(14)11(16)12(19)10(8)15/h5,7,17,19H,2-4,6H2,1H3. The molecular weight excluding hydrogens is 273 g/mol. The molecule has 0 spiro atoms. The van der Waals surface area contributed by atoms with Crippen LogP contribution in [-0.2, 0) is 0 Å². The van der Waals surface area contributed by atoms with Crippen LogP contribution in [0.3, 0.4) is 0 Å². The topological polar surface area (TPSA) is 52.6 Å². The lowest BCUT2D eigenvalue weighted by atomic mass is 10.1. The molecule has 1 unspecified atom stereocenters. The Kier molecular flexibility index (Phi) is 4.17. The van der Waals surface area contributed by atoms with Gasteiger partial charge < -0.3 is 15.3 Å². The number of rotatable bonds is 3. The number of carbonyl (C=O) groups excluding carboxylic acids is 1. The lowest BCUT2D eigenvalue weighted by Gasteiger charge is -2.21. The quantitative estimate of drug-likeness (QED) is 0.831. The van der Waals surface area contributed by atoms with Gasteiger partial charge in [-0.1, -0.05) is 0 Å². The molecule has 1 aromatic rings. The number of hydrogen-bond donors (Lipinski definition) is 2. The number of phenols is 1. The SMILES string of the molecule is CN(CC1CCCN1)C(=O)c1cc(F)c(F)c(O)c1F. The Labute approximate surface area is 114 Å². The van der Waals surface area contributed by atoms with Crippen molar-refractivity contribution in [1.29, 1.82) is 0 Å². The summed E-state index contributed by atoms with van der Waals surface area (Å²) >= 11 is 0. The summed E-state index contributed by atoms with van der Waals surface area (Å²) in [5, 5.41) is 12.3. The molecule has 20 heavy (non-hydrogen) atoms. The van der Waals surface area contributed by atoms with Crippen molar-refractivity contribution in [2.24, 2.45) is 0 Å². The van der Waals surface area contributed by atoms with Gasteiger partial charge in [0.1, 0.15) is 0 Å². The summed E-state index contributed by atoms with van der Waals surface area (Å²) in [6.45, 7) is 1.19. The van der Waals surface area contributed by atoms with Gasteiger partial charge in [-0.25, -0.2) is 8.78 Å². The highest BCUT2D eigenvalue weighted by atomic mass is 19.2. The third kappa shape index (κ3) is 2.72. The van der Waals surface area contributed by atoms with Gasteiger partial charge in [0, 0.05) is 19.6 Å². The van der Waals surface area contributed by atoms with E-state index in [-0.39, 0.29) is 6.04 Å². The Balaban J connectivity index is 2.20. The molecule has 7 heteroatoms. The van der Waals surface area contributed by atoms with Crippen LogP contribution in [-0.4, -0.2) is 42.1 Å². The van der Waals surface area contributed by atoms with Crippen LogP contribution in [0.1, 0.15) is 23.2 Å². The summed E-state index contributed by atoms with van der Waals surface area (Å²) in [4.78, 5) is 13.2. The summed E-state index contributed by atoms with van der Waals surface area (Å²) < 4.78 is 39.8. The fourth-order valence-electron chi connectivity index (χ4n) is 2.28.